The first-order chi connectivity index (χ1) is 7.72. The van der Waals surface area contributed by atoms with Crippen molar-refractivity contribution < 1.29 is 5.11 Å². The average Bonchev–Trinajstić information content (AvgIpc) is 3.10. The van der Waals surface area contributed by atoms with Crippen LogP contribution in [0, 0.1) is 0 Å². The third-order valence-electron chi connectivity index (χ3n) is 2.66. The lowest BCUT2D eigenvalue weighted by Gasteiger charge is -2.23. The summed E-state index contributed by atoms with van der Waals surface area (Å²) in [6.07, 6.45) is 4.08. The van der Waals surface area contributed by atoms with E-state index in [9.17, 15) is 0 Å². The van der Waals surface area contributed by atoms with Gasteiger partial charge in [-0.25, -0.2) is 0 Å². The number of anilines is 1. The predicted octanol–water partition coefficient (Wildman–Crippen LogP) is 0.677. The minimum Gasteiger partial charge on any atom is -0.395 e. The van der Waals surface area contributed by atoms with Crippen LogP contribution in [0.3, 0.4) is 0 Å². The van der Waals surface area contributed by atoms with Crippen LogP contribution < -0.4 is 10.6 Å². The summed E-state index contributed by atoms with van der Waals surface area (Å²) in [4.78, 5) is 6.60. The van der Waals surface area contributed by atoms with Gasteiger partial charge < -0.3 is 15.7 Å². The van der Waals surface area contributed by atoms with Crippen LogP contribution in [-0.2, 0) is 0 Å². The highest BCUT2D eigenvalue weighted by Crippen LogP contribution is 2.31. The third kappa shape index (κ3) is 2.48. The minimum atomic E-state index is 0.154. The van der Waals surface area contributed by atoms with Crippen molar-refractivity contribution in [1.29, 1.82) is 0 Å². The van der Waals surface area contributed by atoms with Gasteiger partial charge in [0.1, 0.15) is 4.99 Å². The summed E-state index contributed by atoms with van der Waals surface area (Å²) in [5.41, 5.74) is 7.22. The highest BCUT2D eigenvalue weighted by molar-refractivity contribution is 7.80. The second kappa shape index (κ2) is 4.76. The van der Waals surface area contributed by atoms with Crippen LogP contribution >= 0.6 is 12.2 Å². The Hall–Kier alpha value is -1.20. The van der Waals surface area contributed by atoms with Crippen molar-refractivity contribution in [3.05, 3.63) is 24.0 Å². The maximum Gasteiger partial charge on any atom is 0.122 e. The van der Waals surface area contributed by atoms with E-state index in [1.54, 1.807) is 6.20 Å². The van der Waals surface area contributed by atoms with Gasteiger partial charge in [-0.05, 0) is 25.0 Å². The molecule has 0 aromatic carbocycles. The van der Waals surface area contributed by atoms with E-state index in [4.69, 9.17) is 23.1 Å². The molecule has 1 heterocycles. The lowest BCUT2D eigenvalue weighted by Crippen LogP contribution is -2.29. The van der Waals surface area contributed by atoms with Crippen LogP contribution in [0.1, 0.15) is 18.5 Å². The normalized spacial score (nSPS) is 14.8. The Morgan fingerprint density at radius 2 is 2.38 bits per heavy atom. The number of nitrogens with zero attached hydrogens (tertiary/aromatic N) is 2. The van der Waals surface area contributed by atoms with E-state index in [0.717, 1.165) is 5.69 Å². The summed E-state index contributed by atoms with van der Waals surface area (Å²) < 4.78 is 0. The Morgan fingerprint density at radius 3 is 2.94 bits per heavy atom. The molecule has 4 nitrogen and oxygen atoms in total. The summed E-state index contributed by atoms with van der Waals surface area (Å²) >= 11 is 4.90. The molecule has 0 aliphatic heterocycles. The SMILES string of the molecule is NC(=S)c1cc(N(CCO)C2CC2)ccn1. The summed E-state index contributed by atoms with van der Waals surface area (Å²) in [6.45, 7) is 0.798. The number of rotatable bonds is 5. The maximum atomic E-state index is 9.05. The quantitative estimate of drug-likeness (QED) is 0.737. The standard InChI is InChI=1S/C11H15N3OS/c12-11(16)10-7-9(3-4-13-10)14(5-6-15)8-1-2-8/h3-4,7-8,15H,1-2,5-6H2,(H2,12,16). The van der Waals surface area contributed by atoms with Crippen molar-refractivity contribution in [3.8, 4) is 0 Å². The van der Waals surface area contributed by atoms with Crippen molar-refractivity contribution in [2.24, 2.45) is 5.73 Å². The molecular formula is C11H15N3OS. The molecule has 0 saturated heterocycles. The maximum absolute atomic E-state index is 9.05. The molecule has 86 valence electrons. The predicted molar refractivity (Wildman–Crippen MR) is 67.6 cm³/mol. The fraction of sp³-hybridized carbons (Fsp3) is 0.455. The number of aliphatic hydroxyl groups is 1. The van der Waals surface area contributed by atoms with Gasteiger partial charge >= 0.3 is 0 Å². The first-order valence-electron chi connectivity index (χ1n) is 5.35. The largest absolute Gasteiger partial charge is 0.395 e. The Bertz CT molecular complexity index is 393. The highest BCUT2D eigenvalue weighted by atomic mass is 32.1. The van der Waals surface area contributed by atoms with Crippen molar-refractivity contribution in [2.45, 2.75) is 18.9 Å². The van der Waals surface area contributed by atoms with E-state index in [2.05, 4.69) is 9.88 Å². The Morgan fingerprint density at radius 1 is 1.62 bits per heavy atom. The lowest BCUT2D eigenvalue weighted by molar-refractivity contribution is 0.301. The molecule has 2 rings (SSSR count). The Balaban J connectivity index is 2.22. The van der Waals surface area contributed by atoms with E-state index < -0.39 is 0 Å². The number of hydrogen-bond donors (Lipinski definition) is 2. The molecule has 0 unspecified atom stereocenters. The van der Waals surface area contributed by atoms with Gasteiger partial charge in [0.25, 0.3) is 0 Å². The van der Waals surface area contributed by atoms with E-state index in [1.807, 2.05) is 12.1 Å². The molecule has 0 atom stereocenters. The zero-order valence-corrected chi connectivity index (χ0v) is 9.78. The molecule has 1 aromatic heterocycles. The summed E-state index contributed by atoms with van der Waals surface area (Å²) in [6, 6.07) is 4.36. The molecule has 0 radical (unpaired) electrons. The molecule has 5 heteroatoms. The Labute approximate surface area is 100 Å². The molecule has 1 saturated carbocycles. The second-order valence-electron chi connectivity index (χ2n) is 3.91. The molecule has 1 aliphatic rings. The van der Waals surface area contributed by atoms with Gasteiger partial charge in [0, 0.05) is 24.5 Å². The van der Waals surface area contributed by atoms with Crippen LogP contribution in [0.25, 0.3) is 0 Å². The van der Waals surface area contributed by atoms with Gasteiger partial charge in [-0.2, -0.15) is 0 Å². The summed E-state index contributed by atoms with van der Waals surface area (Å²) in [5.74, 6) is 0. The van der Waals surface area contributed by atoms with E-state index in [0.29, 0.717) is 23.3 Å². The summed E-state index contributed by atoms with van der Waals surface area (Å²) in [5, 5.41) is 9.05. The zero-order chi connectivity index (χ0) is 11.5. The topological polar surface area (TPSA) is 62.4 Å². The first-order valence-corrected chi connectivity index (χ1v) is 5.76. The fourth-order valence-electron chi connectivity index (χ4n) is 1.75. The van der Waals surface area contributed by atoms with E-state index >= 15 is 0 Å². The van der Waals surface area contributed by atoms with Crippen LogP contribution in [0.4, 0.5) is 5.69 Å². The third-order valence-corrected chi connectivity index (χ3v) is 2.87. The highest BCUT2D eigenvalue weighted by Gasteiger charge is 2.28. The average molecular weight is 237 g/mol. The molecule has 0 bridgehead atoms. The van der Waals surface area contributed by atoms with Gasteiger partial charge in [0.05, 0.1) is 12.3 Å². The van der Waals surface area contributed by atoms with Gasteiger partial charge in [-0.3, -0.25) is 4.98 Å². The minimum absolute atomic E-state index is 0.154. The zero-order valence-electron chi connectivity index (χ0n) is 8.97. The number of hydrogen-bond acceptors (Lipinski definition) is 4. The van der Waals surface area contributed by atoms with E-state index in [-0.39, 0.29) is 6.61 Å². The van der Waals surface area contributed by atoms with Crippen LogP contribution in [0.2, 0.25) is 0 Å². The van der Waals surface area contributed by atoms with Crippen LogP contribution in [-0.4, -0.2) is 34.3 Å². The molecule has 1 aromatic rings. The van der Waals surface area contributed by atoms with E-state index in [1.165, 1.54) is 12.8 Å². The number of aromatic nitrogens is 1. The molecule has 1 fully saturated rings. The van der Waals surface area contributed by atoms with Gasteiger partial charge in [0.2, 0.25) is 0 Å². The number of aliphatic hydroxyl groups excluding tert-OH is 1. The van der Waals surface area contributed by atoms with Crippen LogP contribution in [0.15, 0.2) is 18.3 Å². The second-order valence-corrected chi connectivity index (χ2v) is 4.35. The molecule has 1 aliphatic carbocycles. The first kappa shape index (κ1) is 11.3. The van der Waals surface area contributed by atoms with Gasteiger partial charge in [-0.1, -0.05) is 12.2 Å². The molecule has 0 amide bonds. The van der Waals surface area contributed by atoms with Crippen molar-refractivity contribution in [1.82, 2.24) is 4.98 Å². The fourth-order valence-corrected chi connectivity index (χ4v) is 1.86. The van der Waals surface area contributed by atoms with Crippen molar-refractivity contribution in [2.75, 3.05) is 18.1 Å². The van der Waals surface area contributed by atoms with Crippen LogP contribution in [0.5, 0.6) is 0 Å². The molecule has 16 heavy (non-hydrogen) atoms. The van der Waals surface area contributed by atoms with Crippen molar-refractivity contribution >= 4 is 22.9 Å². The lowest BCUT2D eigenvalue weighted by atomic mass is 10.2. The molecule has 3 N–H and O–H groups in total. The Kier molecular flexibility index (Phi) is 3.36. The number of thiocarbonyl (C=S) groups is 1. The van der Waals surface area contributed by atoms with Crippen molar-refractivity contribution in [3.63, 3.8) is 0 Å². The molecular weight excluding hydrogens is 222 g/mol. The smallest absolute Gasteiger partial charge is 0.122 e. The van der Waals surface area contributed by atoms with Gasteiger partial charge in [-0.15, -0.1) is 0 Å². The monoisotopic (exact) mass is 237 g/mol. The molecule has 0 spiro atoms. The number of pyridine rings is 1. The summed E-state index contributed by atoms with van der Waals surface area (Å²) in [7, 11) is 0. The number of nitrogens with two attached hydrogens (primary N) is 1. The van der Waals surface area contributed by atoms with Gasteiger partial charge in [0.15, 0.2) is 0 Å².